The summed E-state index contributed by atoms with van der Waals surface area (Å²) in [5.74, 6) is 3.74. The van der Waals surface area contributed by atoms with Crippen LogP contribution in [0.2, 0.25) is 0 Å². The normalized spacial score (nSPS) is 23.7. The van der Waals surface area contributed by atoms with Gasteiger partial charge in [-0.2, -0.15) is 11.8 Å². The first-order chi connectivity index (χ1) is 13.6. The van der Waals surface area contributed by atoms with Gasteiger partial charge in [-0.3, -0.25) is 9.79 Å². The van der Waals surface area contributed by atoms with E-state index in [2.05, 4.69) is 41.3 Å². The molecule has 28 heavy (non-hydrogen) atoms. The summed E-state index contributed by atoms with van der Waals surface area (Å²) in [5, 5.41) is 6.98. The summed E-state index contributed by atoms with van der Waals surface area (Å²) in [5.41, 5.74) is 0. The molecule has 0 aromatic carbocycles. The maximum absolute atomic E-state index is 12.7. The number of thioether (sulfide) groups is 1. The highest BCUT2D eigenvalue weighted by atomic mass is 32.2. The number of carbonyl (C=O) groups is 1. The monoisotopic (exact) mass is 411 g/mol. The van der Waals surface area contributed by atoms with Crippen LogP contribution in [-0.2, 0) is 4.79 Å². The van der Waals surface area contributed by atoms with E-state index in [-0.39, 0.29) is 5.92 Å². The zero-order valence-electron chi connectivity index (χ0n) is 18.2. The summed E-state index contributed by atoms with van der Waals surface area (Å²) in [6.07, 6.45) is 6.59. The molecule has 0 aromatic rings. The summed E-state index contributed by atoms with van der Waals surface area (Å²) in [6.45, 7) is 10.0. The predicted octanol–water partition coefficient (Wildman–Crippen LogP) is 2.41. The zero-order valence-corrected chi connectivity index (χ0v) is 19.0. The Morgan fingerprint density at radius 1 is 1.14 bits per heavy atom. The fraction of sp³-hybridized carbons (Fsp3) is 0.905. The van der Waals surface area contributed by atoms with Crippen molar-refractivity contribution in [2.24, 2.45) is 10.9 Å². The minimum absolute atomic E-state index is 0.230. The fourth-order valence-electron chi connectivity index (χ4n) is 3.91. The van der Waals surface area contributed by atoms with Gasteiger partial charge in [-0.15, -0.1) is 0 Å². The number of hydrogen-bond donors (Lipinski definition) is 2. The van der Waals surface area contributed by atoms with Gasteiger partial charge < -0.3 is 20.4 Å². The third kappa shape index (κ3) is 8.19. The Bertz CT molecular complexity index is 473. The van der Waals surface area contributed by atoms with Gasteiger partial charge in [-0.1, -0.05) is 13.3 Å². The van der Waals surface area contributed by atoms with Gasteiger partial charge in [0.2, 0.25) is 5.91 Å². The van der Waals surface area contributed by atoms with Gasteiger partial charge in [0.15, 0.2) is 5.96 Å². The smallest absolute Gasteiger partial charge is 0.225 e. The second kappa shape index (κ2) is 13.3. The lowest BCUT2D eigenvalue weighted by molar-refractivity contribution is -0.136. The molecule has 1 amide bonds. The molecule has 0 radical (unpaired) electrons. The second-order valence-electron chi connectivity index (χ2n) is 8.05. The molecule has 1 saturated heterocycles. The van der Waals surface area contributed by atoms with E-state index in [0.29, 0.717) is 11.9 Å². The van der Waals surface area contributed by atoms with Crippen LogP contribution in [0.3, 0.4) is 0 Å². The molecular formula is C21H41N5OS. The number of carbonyl (C=O) groups excluding carboxylic acids is 1. The molecule has 2 aliphatic rings. The van der Waals surface area contributed by atoms with E-state index in [9.17, 15) is 4.79 Å². The molecule has 0 aromatic heterocycles. The van der Waals surface area contributed by atoms with Crippen LogP contribution in [0.5, 0.6) is 0 Å². The van der Waals surface area contributed by atoms with Crippen molar-refractivity contribution in [2.45, 2.75) is 58.4 Å². The first-order valence-corrected chi connectivity index (χ1v) is 12.4. The fourth-order valence-corrected chi connectivity index (χ4v) is 4.82. The Balaban J connectivity index is 1.73. The Morgan fingerprint density at radius 2 is 1.86 bits per heavy atom. The highest BCUT2D eigenvalue weighted by molar-refractivity contribution is 7.99. The van der Waals surface area contributed by atoms with E-state index in [1.807, 2.05) is 11.8 Å². The molecule has 1 saturated carbocycles. The van der Waals surface area contributed by atoms with Crippen molar-refractivity contribution in [2.75, 3.05) is 57.8 Å². The quantitative estimate of drug-likeness (QED) is 0.451. The topological polar surface area (TPSA) is 60.0 Å². The van der Waals surface area contributed by atoms with E-state index in [1.54, 1.807) is 0 Å². The summed E-state index contributed by atoms with van der Waals surface area (Å²) < 4.78 is 0. The molecule has 1 aliphatic carbocycles. The lowest BCUT2D eigenvalue weighted by atomic mass is 9.85. The lowest BCUT2D eigenvalue weighted by Gasteiger charge is -2.34. The van der Waals surface area contributed by atoms with Gasteiger partial charge in [-0.05, 0) is 52.6 Å². The van der Waals surface area contributed by atoms with Crippen LogP contribution in [0.4, 0.5) is 0 Å². The van der Waals surface area contributed by atoms with Crippen molar-refractivity contribution in [1.82, 2.24) is 20.4 Å². The van der Waals surface area contributed by atoms with Crippen molar-refractivity contribution in [3.05, 3.63) is 0 Å². The Hall–Kier alpha value is -0.950. The molecule has 1 aliphatic heterocycles. The summed E-state index contributed by atoms with van der Waals surface area (Å²) in [6, 6.07) is 0.427. The van der Waals surface area contributed by atoms with Crippen molar-refractivity contribution in [1.29, 1.82) is 0 Å². The number of unbranched alkanes of at least 4 members (excludes halogenated alkanes) is 1. The Morgan fingerprint density at radius 3 is 2.50 bits per heavy atom. The standard InChI is InChI=1S/C21H41N5OS/c1-4-6-12-25(3)13-11-23-21(22-5-2)24-19-9-7-18(8-10-19)20(27)26-14-16-28-17-15-26/h18-19H,4-17H2,1-3H3,(H2,22,23,24). The van der Waals surface area contributed by atoms with Crippen molar-refractivity contribution >= 4 is 23.6 Å². The number of rotatable bonds is 9. The third-order valence-electron chi connectivity index (χ3n) is 5.73. The second-order valence-corrected chi connectivity index (χ2v) is 9.27. The largest absolute Gasteiger partial charge is 0.357 e. The van der Waals surface area contributed by atoms with Gasteiger partial charge >= 0.3 is 0 Å². The number of nitrogens with one attached hydrogen (secondary N) is 2. The molecule has 2 N–H and O–H groups in total. The van der Waals surface area contributed by atoms with Crippen molar-refractivity contribution in [3.63, 3.8) is 0 Å². The average molecular weight is 412 g/mol. The van der Waals surface area contributed by atoms with Crippen molar-refractivity contribution < 1.29 is 4.79 Å². The summed E-state index contributed by atoms with van der Waals surface area (Å²) in [7, 11) is 2.17. The van der Waals surface area contributed by atoms with Crippen LogP contribution in [0.15, 0.2) is 4.99 Å². The van der Waals surface area contributed by atoms with E-state index >= 15 is 0 Å². The predicted molar refractivity (Wildman–Crippen MR) is 121 cm³/mol. The molecule has 2 fully saturated rings. The van der Waals surface area contributed by atoms with Gasteiger partial charge in [0, 0.05) is 49.6 Å². The Kier molecular flexibility index (Phi) is 11.1. The molecule has 0 unspecified atom stereocenters. The first-order valence-electron chi connectivity index (χ1n) is 11.2. The first kappa shape index (κ1) is 23.3. The molecular weight excluding hydrogens is 370 g/mol. The molecule has 1 heterocycles. The van der Waals surface area contributed by atoms with Crippen LogP contribution in [0.1, 0.15) is 52.4 Å². The van der Waals surface area contributed by atoms with Gasteiger partial charge in [0.25, 0.3) is 0 Å². The number of nitrogens with zero attached hydrogens (tertiary/aromatic N) is 3. The van der Waals surface area contributed by atoms with Crippen LogP contribution in [0.25, 0.3) is 0 Å². The number of guanidine groups is 1. The van der Waals surface area contributed by atoms with Gasteiger partial charge in [0.05, 0.1) is 6.54 Å². The number of amides is 1. The maximum Gasteiger partial charge on any atom is 0.225 e. The highest BCUT2D eigenvalue weighted by Gasteiger charge is 2.30. The molecule has 7 heteroatoms. The molecule has 0 bridgehead atoms. The number of likely N-dealkylation sites (N-methyl/N-ethyl adjacent to an activating group) is 1. The molecule has 0 atom stereocenters. The van der Waals surface area contributed by atoms with E-state index in [0.717, 1.165) is 82.4 Å². The van der Waals surface area contributed by atoms with Crippen LogP contribution >= 0.6 is 11.8 Å². The zero-order chi connectivity index (χ0) is 20.2. The van der Waals surface area contributed by atoms with Gasteiger partial charge in [0.1, 0.15) is 0 Å². The SMILES string of the molecule is CCCCN(C)CCN=C(NCC)NC1CCC(C(=O)N2CCSCC2)CC1. The minimum Gasteiger partial charge on any atom is -0.357 e. The average Bonchev–Trinajstić information content (AvgIpc) is 2.73. The Labute approximate surface area is 176 Å². The summed E-state index contributed by atoms with van der Waals surface area (Å²) in [4.78, 5) is 21.9. The van der Waals surface area contributed by atoms with Crippen molar-refractivity contribution in [3.8, 4) is 0 Å². The van der Waals surface area contributed by atoms with Crippen LogP contribution in [0, 0.1) is 5.92 Å². The van der Waals surface area contributed by atoms with Gasteiger partial charge in [-0.25, -0.2) is 0 Å². The highest BCUT2D eigenvalue weighted by Crippen LogP contribution is 2.27. The van der Waals surface area contributed by atoms with E-state index in [4.69, 9.17) is 4.99 Å². The van der Waals surface area contributed by atoms with Crippen LogP contribution in [-0.4, -0.2) is 85.5 Å². The minimum atomic E-state index is 0.230. The molecule has 6 nitrogen and oxygen atoms in total. The molecule has 162 valence electrons. The van der Waals surface area contributed by atoms with E-state index in [1.165, 1.54) is 12.8 Å². The van der Waals surface area contributed by atoms with E-state index < -0.39 is 0 Å². The number of aliphatic imine (C=N–C) groups is 1. The molecule has 0 spiro atoms. The lowest BCUT2D eigenvalue weighted by Crippen LogP contribution is -2.47. The summed E-state index contributed by atoms with van der Waals surface area (Å²) >= 11 is 1.96. The molecule has 2 rings (SSSR count). The van der Waals surface area contributed by atoms with Crippen LogP contribution < -0.4 is 10.6 Å². The maximum atomic E-state index is 12.7. The third-order valence-corrected chi connectivity index (χ3v) is 6.67. The number of hydrogen-bond acceptors (Lipinski definition) is 4.